The van der Waals surface area contributed by atoms with Crippen LogP contribution in [0.1, 0.15) is 36.3 Å². The van der Waals surface area contributed by atoms with Crippen LogP contribution >= 0.6 is 11.6 Å². The van der Waals surface area contributed by atoms with Crippen LogP contribution in [0.4, 0.5) is 0 Å². The van der Waals surface area contributed by atoms with Crippen LogP contribution in [0.25, 0.3) is 0 Å². The summed E-state index contributed by atoms with van der Waals surface area (Å²) in [5.41, 5.74) is 0.628. The van der Waals surface area contributed by atoms with Crippen LogP contribution in [0, 0.1) is 0 Å². The van der Waals surface area contributed by atoms with E-state index in [1.807, 2.05) is 10.8 Å². The average Bonchev–Trinajstić information content (AvgIpc) is 3.11. The lowest BCUT2D eigenvalue weighted by molar-refractivity contribution is 0.0944. The molecule has 5 nitrogen and oxygen atoms in total. The first-order valence-corrected chi connectivity index (χ1v) is 7.00. The lowest BCUT2D eigenvalue weighted by Gasteiger charge is -2.10. The number of aromatic nitrogens is 1. The van der Waals surface area contributed by atoms with Crippen molar-refractivity contribution in [3.63, 3.8) is 0 Å². The maximum absolute atomic E-state index is 12.0. The third-order valence-corrected chi connectivity index (χ3v) is 3.22. The zero-order chi connectivity index (χ0) is 13.8. The standard InChI is InChI=1S/C13H20ClN3O2/c1-9(18)7-15-4-5-16-13(19)12-6-10(14)8-17(12)11-2-3-11/h6,8-9,11,15,18H,2-5,7H2,1H3,(H,16,19). The number of hydrogen-bond acceptors (Lipinski definition) is 3. The molecule has 0 aliphatic heterocycles. The molecule has 0 aromatic carbocycles. The van der Waals surface area contributed by atoms with Crippen molar-refractivity contribution in [1.29, 1.82) is 0 Å². The second-order valence-corrected chi connectivity index (χ2v) is 5.43. The molecule has 1 amide bonds. The van der Waals surface area contributed by atoms with Crippen LogP contribution in [0.2, 0.25) is 5.02 Å². The van der Waals surface area contributed by atoms with E-state index in [1.54, 1.807) is 13.0 Å². The van der Waals surface area contributed by atoms with Gasteiger partial charge in [0.1, 0.15) is 5.69 Å². The predicted octanol–water partition coefficient (Wildman–Crippen LogP) is 1.18. The fourth-order valence-electron chi connectivity index (χ4n) is 1.95. The predicted molar refractivity (Wildman–Crippen MR) is 74.6 cm³/mol. The third-order valence-electron chi connectivity index (χ3n) is 3.02. The first kappa shape index (κ1) is 14.4. The van der Waals surface area contributed by atoms with Crippen LogP contribution < -0.4 is 10.6 Å². The van der Waals surface area contributed by atoms with Crippen LogP contribution in [0.3, 0.4) is 0 Å². The molecule has 0 bridgehead atoms. The first-order valence-electron chi connectivity index (χ1n) is 6.62. The second-order valence-electron chi connectivity index (χ2n) is 4.99. The number of halogens is 1. The number of carbonyl (C=O) groups is 1. The van der Waals surface area contributed by atoms with Crippen molar-refractivity contribution in [2.75, 3.05) is 19.6 Å². The molecule has 106 valence electrons. The molecule has 0 radical (unpaired) electrons. The maximum Gasteiger partial charge on any atom is 0.268 e. The molecule has 19 heavy (non-hydrogen) atoms. The van der Waals surface area contributed by atoms with Crippen molar-refractivity contribution in [3.05, 3.63) is 23.0 Å². The zero-order valence-electron chi connectivity index (χ0n) is 11.0. The minimum Gasteiger partial charge on any atom is -0.392 e. The summed E-state index contributed by atoms with van der Waals surface area (Å²) >= 11 is 5.96. The Morgan fingerprint density at radius 2 is 2.32 bits per heavy atom. The SMILES string of the molecule is CC(O)CNCCNC(=O)c1cc(Cl)cn1C1CC1. The zero-order valence-corrected chi connectivity index (χ0v) is 11.8. The summed E-state index contributed by atoms with van der Waals surface area (Å²) in [5.74, 6) is -0.0994. The Morgan fingerprint density at radius 3 is 2.95 bits per heavy atom. The van der Waals surface area contributed by atoms with Crippen molar-refractivity contribution < 1.29 is 9.90 Å². The highest BCUT2D eigenvalue weighted by atomic mass is 35.5. The normalized spacial score (nSPS) is 16.4. The Balaban J connectivity index is 1.79. The second kappa shape index (κ2) is 6.41. The van der Waals surface area contributed by atoms with Crippen molar-refractivity contribution >= 4 is 17.5 Å². The van der Waals surface area contributed by atoms with E-state index in [0.717, 1.165) is 12.8 Å². The van der Waals surface area contributed by atoms with Gasteiger partial charge in [-0.15, -0.1) is 0 Å². The van der Waals surface area contributed by atoms with Gasteiger partial charge < -0.3 is 20.3 Å². The molecule has 1 aromatic heterocycles. The molecule has 2 rings (SSSR count). The Kier molecular flexibility index (Phi) is 4.85. The first-order chi connectivity index (χ1) is 9.08. The lowest BCUT2D eigenvalue weighted by Crippen LogP contribution is -2.35. The summed E-state index contributed by atoms with van der Waals surface area (Å²) in [6.45, 7) is 3.41. The van der Waals surface area contributed by atoms with Crippen molar-refractivity contribution in [1.82, 2.24) is 15.2 Å². The van der Waals surface area contributed by atoms with Gasteiger partial charge >= 0.3 is 0 Å². The molecule has 1 fully saturated rings. The summed E-state index contributed by atoms with van der Waals surface area (Å²) in [7, 11) is 0. The fourth-order valence-corrected chi connectivity index (χ4v) is 2.16. The van der Waals surface area contributed by atoms with Gasteiger partial charge in [-0.2, -0.15) is 0 Å². The molecule has 1 aromatic rings. The van der Waals surface area contributed by atoms with Crippen LogP contribution in [-0.4, -0.2) is 41.3 Å². The van der Waals surface area contributed by atoms with E-state index in [4.69, 9.17) is 16.7 Å². The van der Waals surface area contributed by atoms with Gasteiger partial charge in [-0.3, -0.25) is 4.79 Å². The van der Waals surface area contributed by atoms with Crippen molar-refractivity contribution in [3.8, 4) is 0 Å². The quantitative estimate of drug-likeness (QED) is 0.659. The molecule has 0 saturated heterocycles. The summed E-state index contributed by atoms with van der Waals surface area (Å²) in [5, 5.41) is 15.6. The molecule has 1 unspecified atom stereocenters. The largest absolute Gasteiger partial charge is 0.392 e. The molecule has 1 aliphatic rings. The smallest absolute Gasteiger partial charge is 0.268 e. The molecule has 1 aliphatic carbocycles. The van der Waals surface area contributed by atoms with Gasteiger partial charge in [0.05, 0.1) is 11.1 Å². The summed E-state index contributed by atoms with van der Waals surface area (Å²) in [6, 6.07) is 2.14. The minimum absolute atomic E-state index is 0.0994. The Hall–Kier alpha value is -1.04. The minimum atomic E-state index is -0.374. The summed E-state index contributed by atoms with van der Waals surface area (Å²) < 4.78 is 1.96. The number of carbonyl (C=O) groups excluding carboxylic acids is 1. The average molecular weight is 286 g/mol. The highest BCUT2D eigenvalue weighted by molar-refractivity contribution is 6.31. The van der Waals surface area contributed by atoms with Crippen LogP contribution in [0.15, 0.2) is 12.3 Å². The van der Waals surface area contributed by atoms with Gasteiger partial charge in [-0.1, -0.05) is 11.6 Å². The van der Waals surface area contributed by atoms with Gasteiger partial charge in [0.15, 0.2) is 0 Å². The van der Waals surface area contributed by atoms with Gasteiger partial charge in [0, 0.05) is 31.9 Å². The molecule has 0 spiro atoms. The molecule has 6 heteroatoms. The molecule has 1 heterocycles. The molecule has 3 N–H and O–H groups in total. The van der Waals surface area contributed by atoms with E-state index in [-0.39, 0.29) is 12.0 Å². The van der Waals surface area contributed by atoms with Crippen molar-refractivity contribution in [2.24, 2.45) is 0 Å². The number of aliphatic hydroxyl groups excluding tert-OH is 1. The highest BCUT2D eigenvalue weighted by Gasteiger charge is 2.27. The van der Waals surface area contributed by atoms with Gasteiger partial charge in [-0.25, -0.2) is 0 Å². The summed E-state index contributed by atoms with van der Waals surface area (Å²) in [4.78, 5) is 12.0. The fraction of sp³-hybridized carbons (Fsp3) is 0.615. The molecule has 1 saturated carbocycles. The van der Waals surface area contributed by atoms with Gasteiger partial charge in [0.25, 0.3) is 5.91 Å². The number of aliphatic hydroxyl groups is 1. The topological polar surface area (TPSA) is 66.3 Å². The maximum atomic E-state index is 12.0. The van der Waals surface area contributed by atoms with E-state index in [1.165, 1.54) is 0 Å². The number of hydrogen-bond donors (Lipinski definition) is 3. The van der Waals surface area contributed by atoms with E-state index in [9.17, 15) is 4.79 Å². The van der Waals surface area contributed by atoms with Crippen LogP contribution in [-0.2, 0) is 0 Å². The van der Waals surface area contributed by atoms with E-state index in [0.29, 0.717) is 36.4 Å². The Labute approximate surface area is 117 Å². The lowest BCUT2D eigenvalue weighted by atomic mass is 10.3. The number of nitrogens with zero attached hydrogens (tertiary/aromatic N) is 1. The molecular formula is C13H20ClN3O2. The number of rotatable bonds is 7. The Morgan fingerprint density at radius 1 is 1.58 bits per heavy atom. The monoisotopic (exact) mass is 285 g/mol. The number of nitrogens with one attached hydrogen (secondary N) is 2. The molecule has 1 atom stereocenters. The van der Waals surface area contributed by atoms with Gasteiger partial charge in [0.2, 0.25) is 0 Å². The Bertz CT molecular complexity index is 441. The van der Waals surface area contributed by atoms with E-state index >= 15 is 0 Å². The van der Waals surface area contributed by atoms with E-state index < -0.39 is 0 Å². The van der Waals surface area contributed by atoms with Gasteiger partial charge in [-0.05, 0) is 25.8 Å². The molecular weight excluding hydrogens is 266 g/mol. The number of amides is 1. The highest BCUT2D eigenvalue weighted by Crippen LogP contribution is 2.37. The van der Waals surface area contributed by atoms with Crippen molar-refractivity contribution in [2.45, 2.75) is 31.9 Å². The summed E-state index contributed by atoms with van der Waals surface area (Å²) in [6.07, 6.45) is 3.67. The van der Waals surface area contributed by atoms with Crippen LogP contribution in [0.5, 0.6) is 0 Å². The third kappa shape index (κ3) is 4.23. The van der Waals surface area contributed by atoms with E-state index in [2.05, 4.69) is 10.6 Å².